The fourth-order valence-corrected chi connectivity index (χ4v) is 1.96. The molecule has 0 spiro atoms. The second-order valence-corrected chi connectivity index (χ2v) is 3.93. The van der Waals surface area contributed by atoms with Crippen molar-refractivity contribution in [3.63, 3.8) is 0 Å². The molecule has 0 radical (unpaired) electrons. The van der Waals surface area contributed by atoms with Crippen LogP contribution in [-0.2, 0) is 0 Å². The number of benzene rings is 1. The van der Waals surface area contributed by atoms with Gasteiger partial charge >= 0.3 is 6.03 Å². The van der Waals surface area contributed by atoms with Gasteiger partial charge in [-0.1, -0.05) is 0 Å². The number of amides is 2. The summed E-state index contributed by atoms with van der Waals surface area (Å²) < 4.78 is 10.2. The predicted molar refractivity (Wildman–Crippen MR) is 65.5 cm³/mol. The molecule has 19 heavy (non-hydrogen) atoms. The number of nitro benzene ring substituents is 1. The van der Waals surface area contributed by atoms with Crippen molar-refractivity contribution in [1.29, 1.82) is 0 Å². The molecule has 0 unspecified atom stereocenters. The van der Waals surface area contributed by atoms with Crippen LogP contribution >= 0.6 is 0 Å². The first-order valence-corrected chi connectivity index (χ1v) is 5.51. The number of carbonyl (C=O) groups is 1. The van der Waals surface area contributed by atoms with E-state index in [1.807, 2.05) is 0 Å². The summed E-state index contributed by atoms with van der Waals surface area (Å²) in [6.45, 7) is 0.287. The number of nitrogens with one attached hydrogen (secondary N) is 2. The summed E-state index contributed by atoms with van der Waals surface area (Å²) in [5.74, 6) is 0.652. The van der Waals surface area contributed by atoms with E-state index in [0.717, 1.165) is 0 Å². The molecule has 1 heterocycles. The lowest BCUT2D eigenvalue weighted by Gasteiger charge is -2.13. The molecule has 1 aromatic rings. The maximum Gasteiger partial charge on any atom is 0.315 e. The van der Waals surface area contributed by atoms with E-state index < -0.39 is 11.0 Å². The van der Waals surface area contributed by atoms with Gasteiger partial charge in [0.05, 0.1) is 36.8 Å². The number of hydrogen-bond acceptors (Lipinski definition) is 5. The quantitative estimate of drug-likeness (QED) is 0.625. The van der Waals surface area contributed by atoms with Gasteiger partial charge < -0.3 is 20.1 Å². The fourth-order valence-electron chi connectivity index (χ4n) is 1.96. The van der Waals surface area contributed by atoms with E-state index in [1.54, 1.807) is 0 Å². The molecule has 2 N–H and O–H groups in total. The molecule has 102 valence electrons. The molecule has 1 aromatic carbocycles. The standard InChI is InChI=1S/C11H13N3O5/c1-18-9-3-6(7-5-12-11(15)13-7)8(14(16)17)4-10(9)19-2/h3-4,7H,5H2,1-2H3,(H2,12,13,15)/t7-/m0/s1. The Morgan fingerprint density at radius 3 is 2.42 bits per heavy atom. The van der Waals surface area contributed by atoms with Crippen LogP contribution in [0.3, 0.4) is 0 Å². The first-order chi connectivity index (χ1) is 9.06. The third-order valence-electron chi connectivity index (χ3n) is 2.88. The van der Waals surface area contributed by atoms with Crippen LogP contribution in [0.2, 0.25) is 0 Å². The van der Waals surface area contributed by atoms with Gasteiger partial charge in [-0.2, -0.15) is 0 Å². The molecule has 1 aliphatic heterocycles. The first kappa shape index (κ1) is 12.9. The Labute approximate surface area is 108 Å². The Kier molecular flexibility index (Phi) is 3.41. The van der Waals surface area contributed by atoms with E-state index in [0.29, 0.717) is 11.3 Å². The van der Waals surface area contributed by atoms with Gasteiger partial charge in [-0.25, -0.2) is 4.79 Å². The molecule has 0 aromatic heterocycles. The highest BCUT2D eigenvalue weighted by atomic mass is 16.6. The van der Waals surface area contributed by atoms with Crippen molar-refractivity contribution < 1.29 is 19.2 Å². The number of carbonyl (C=O) groups excluding carboxylic acids is 1. The predicted octanol–water partition coefficient (Wildman–Crippen LogP) is 0.966. The van der Waals surface area contributed by atoms with Crippen LogP contribution in [-0.4, -0.2) is 31.7 Å². The average molecular weight is 267 g/mol. The minimum atomic E-state index is -0.512. The maximum absolute atomic E-state index is 11.1. The molecule has 8 nitrogen and oxygen atoms in total. The third-order valence-corrected chi connectivity index (χ3v) is 2.88. The largest absolute Gasteiger partial charge is 0.493 e. The highest BCUT2D eigenvalue weighted by Crippen LogP contribution is 2.37. The van der Waals surface area contributed by atoms with Crippen LogP contribution in [0.4, 0.5) is 10.5 Å². The van der Waals surface area contributed by atoms with Gasteiger partial charge in [0.25, 0.3) is 5.69 Å². The fraction of sp³-hybridized carbons (Fsp3) is 0.364. The van der Waals surface area contributed by atoms with Gasteiger partial charge in [0.15, 0.2) is 11.5 Å². The normalized spacial score (nSPS) is 17.6. The molecule has 1 atom stereocenters. The van der Waals surface area contributed by atoms with Crippen molar-refractivity contribution >= 4 is 11.7 Å². The second kappa shape index (κ2) is 5.01. The second-order valence-electron chi connectivity index (χ2n) is 3.93. The minimum absolute atomic E-state index is 0.119. The molecule has 1 fully saturated rings. The maximum atomic E-state index is 11.1. The number of ether oxygens (including phenoxy) is 2. The molecule has 1 aliphatic rings. The van der Waals surface area contributed by atoms with Crippen molar-refractivity contribution in [2.45, 2.75) is 6.04 Å². The van der Waals surface area contributed by atoms with Crippen molar-refractivity contribution in [1.82, 2.24) is 10.6 Å². The molecular formula is C11H13N3O5. The lowest BCUT2D eigenvalue weighted by molar-refractivity contribution is -0.385. The summed E-state index contributed by atoms with van der Waals surface area (Å²) >= 11 is 0. The van der Waals surface area contributed by atoms with Crippen LogP contribution in [0, 0.1) is 10.1 Å². The van der Waals surface area contributed by atoms with Crippen molar-refractivity contribution in [3.05, 3.63) is 27.8 Å². The Morgan fingerprint density at radius 1 is 1.32 bits per heavy atom. The van der Waals surface area contributed by atoms with Crippen LogP contribution in [0.5, 0.6) is 11.5 Å². The molecule has 8 heteroatoms. The van der Waals surface area contributed by atoms with Crippen LogP contribution < -0.4 is 20.1 Å². The summed E-state index contributed by atoms with van der Waals surface area (Å²) in [7, 11) is 2.85. The molecule has 0 bridgehead atoms. The molecular weight excluding hydrogens is 254 g/mol. The lowest BCUT2D eigenvalue weighted by Crippen LogP contribution is -2.22. The zero-order chi connectivity index (χ0) is 14.0. The smallest absolute Gasteiger partial charge is 0.315 e. The summed E-state index contributed by atoms with van der Waals surface area (Å²) in [6.07, 6.45) is 0. The highest BCUT2D eigenvalue weighted by molar-refractivity contribution is 5.77. The van der Waals surface area contributed by atoms with E-state index in [2.05, 4.69) is 10.6 Å². The Bertz CT molecular complexity index is 531. The zero-order valence-electron chi connectivity index (χ0n) is 10.4. The van der Waals surface area contributed by atoms with Gasteiger partial charge in [0, 0.05) is 6.54 Å². The van der Waals surface area contributed by atoms with Gasteiger partial charge in [0.1, 0.15) is 0 Å². The number of urea groups is 1. The molecule has 0 aliphatic carbocycles. The molecule has 2 amide bonds. The molecule has 1 saturated heterocycles. The van der Waals surface area contributed by atoms with E-state index in [4.69, 9.17) is 9.47 Å². The molecule has 0 saturated carbocycles. The number of rotatable bonds is 4. The van der Waals surface area contributed by atoms with Gasteiger partial charge in [0.2, 0.25) is 0 Å². The summed E-state index contributed by atoms with van der Waals surface area (Å²) in [4.78, 5) is 21.7. The van der Waals surface area contributed by atoms with Crippen molar-refractivity contribution in [3.8, 4) is 11.5 Å². The van der Waals surface area contributed by atoms with E-state index in [1.165, 1.54) is 26.4 Å². The minimum Gasteiger partial charge on any atom is -0.493 e. The van der Waals surface area contributed by atoms with Crippen molar-refractivity contribution in [2.24, 2.45) is 0 Å². The van der Waals surface area contributed by atoms with Gasteiger partial charge in [-0.3, -0.25) is 10.1 Å². The highest BCUT2D eigenvalue weighted by Gasteiger charge is 2.30. The van der Waals surface area contributed by atoms with E-state index >= 15 is 0 Å². The van der Waals surface area contributed by atoms with E-state index in [9.17, 15) is 14.9 Å². The zero-order valence-corrected chi connectivity index (χ0v) is 10.4. The SMILES string of the molecule is COc1cc([C@@H]2CNC(=O)N2)c([N+](=O)[O-])cc1OC. The van der Waals surface area contributed by atoms with Crippen LogP contribution in [0.1, 0.15) is 11.6 Å². The summed E-state index contributed by atoms with van der Waals surface area (Å²) in [5, 5.41) is 16.3. The van der Waals surface area contributed by atoms with Crippen LogP contribution in [0.15, 0.2) is 12.1 Å². The number of methoxy groups -OCH3 is 2. The Balaban J connectivity index is 2.50. The topological polar surface area (TPSA) is 103 Å². The third kappa shape index (κ3) is 2.37. The Morgan fingerprint density at radius 2 is 1.95 bits per heavy atom. The first-order valence-electron chi connectivity index (χ1n) is 5.51. The van der Waals surface area contributed by atoms with Crippen molar-refractivity contribution in [2.75, 3.05) is 20.8 Å². The van der Waals surface area contributed by atoms with Crippen LogP contribution in [0.25, 0.3) is 0 Å². The van der Waals surface area contributed by atoms with Gasteiger partial charge in [-0.15, -0.1) is 0 Å². The van der Waals surface area contributed by atoms with E-state index in [-0.39, 0.29) is 24.0 Å². The number of nitro groups is 1. The molecule has 2 rings (SSSR count). The van der Waals surface area contributed by atoms with Gasteiger partial charge in [-0.05, 0) is 6.07 Å². The lowest BCUT2D eigenvalue weighted by atomic mass is 10.0. The Hall–Kier alpha value is -2.51. The summed E-state index contributed by atoms with van der Waals surface area (Å²) in [6, 6.07) is 1.98. The average Bonchev–Trinajstić information content (AvgIpc) is 2.83. The number of nitrogens with zero attached hydrogens (tertiary/aromatic N) is 1. The summed E-state index contributed by atoms with van der Waals surface area (Å²) in [5.41, 5.74) is 0.257. The number of hydrogen-bond donors (Lipinski definition) is 2. The monoisotopic (exact) mass is 267 g/mol.